The molecule has 0 spiro atoms. The van der Waals surface area contributed by atoms with E-state index in [9.17, 15) is 19.5 Å². The van der Waals surface area contributed by atoms with Gasteiger partial charge in [-0.1, -0.05) is 29.3 Å². The van der Waals surface area contributed by atoms with E-state index in [0.29, 0.717) is 21.3 Å². The number of halogens is 2. The Morgan fingerprint density at radius 3 is 2.38 bits per heavy atom. The van der Waals surface area contributed by atoms with E-state index in [4.69, 9.17) is 33.0 Å². The standard InChI is InChI=1S/C20H15Cl2NO6/c1-23-14-9-10(29-19-12(21)3-2-4-13(19)22)5-6-11(14)18(27)17(20(23)28)15(24)7-8-16(25)26/h2-6,9,27H,7-8H2,1H3,(H,25,26). The van der Waals surface area contributed by atoms with E-state index in [1.807, 2.05) is 0 Å². The van der Waals surface area contributed by atoms with Gasteiger partial charge >= 0.3 is 5.97 Å². The Bertz CT molecular complexity index is 1180. The second-order valence-electron chi connectivity index (χ2n) is 6.24. The summed E-state index contributed by atoms with van der Waals surface area (Å²) in [6, 6.07) is 9.40. The van der Waals surface area contributed by atoms with E-state index >= 15 is 0 Å². The Labute approximate surface area is 174 Å². The molecule has 0 saturated heterocycles. The van der Waals surface area contributed by atoms with Crippen molar-refractivity contribution in [3.63, 3.8) is 0 Å². The minimum absolute atomic E-state index is 0.239. The van der Waals surface area contributed by atoms with Crippen LogP contribution in [0.4, 0.5) is 0 Å². The zero-order valence-corrected chi connectivity index (χ0v) is 16.6. The minimum atomic E-state index is -1.17. The minimum Gasteiger partial charge on any atom is -0.506 e. The highest BCUT2D eigenvalue weighted by Crippen LogP contribution is 2.37. The van der Waals surface area contributed by atoms with Crippen molar-refractivity contribution in [2.75, 3.05) is 0 Å². The van der Waals surface area contributed by atoms with Crippen molar-refractivity contribution >= 4 is 45.9 Å². The number of aromatic hydroxyl groups is 1. The predicted molar refractivity (Wildman–Crippen MR) is 109 cm³/mol. The number of carbonyl (C=O) groups excluding carboxylic acids is 1. The molecule has 0 fully saturated rings. The van der Waals surface area contributed by atoms with Crippen molar-refractivity contribution in [2.24, 2.45) is 7.05 Å². The van der Waals surface area contributed by atoms with Crippen LogP contribution in [0, 0.1) is 0 Å². The van der Waals surface area contributed by atoms with E-state index in [1.165, 1.54) is 29.8 Å². The Kier molecular flexibility index (Phi) is 5.81. The average molecular weight is 436 g/mol. The maximum atomic E-state index is 12.6. The van der Waals surface area contributed by atoms with E-state index in [0.717, 1.165) is 0 Å². The quantitative estimate of drug-likeness (QED) is 0.556. The topological polar surface area (TPSA) is 106 Å². The summed E-state index contributed by atoms with van der Waals surface area (Å²) in [5.41, 5.74) is -0.870. The maximum Gasteiger partial charge on any atom is 0.303 e. The summed E-state index contributed by atoms with van der Waals surface area (Å²) in [4.78, 5) is 35.6. The van der Waals surface area contributed by atoms with Gasteiger partial charge in [-0.3, -0.25) is 14.4 Å². The van der Waals surface area contributed by atoms with Crippen LogP contribution in [0.5, 0.6) is 17.2 Å². The number of carboxylic acids is 1. The van der Waals surface area contributed by atoms with Gasteiger partial charge in [0.15, 0.2) is 11.5 Å². The number of para-hydroxylation sites is 1. The lowest BCUT2D eigenvalue weighted by atomic mass is 10.0. The molecule has 0 aliphatic carbocycles. The lowest BCUT2D eigenvalue weighted by molar-refractivity contribution is -0.136. The lowest BCUT2D eigenvalue weighted by Gasteiger charge is -2.14. The van der Waals surface area contributed by atoms with E-state index in [-0.39, 0.29) is 11.1 Å². The van der Waals surface area contributed by atoms with Gasteiger partial charge in [0.1, 0.15) is 17.1 Å². The molecule has 7 nitrogen and oxygen atoms in total. The molecular weight excluding hydrogens is 421 g/mol. The number of carboxylic acid groups (broad SMARTS) is 1. The maximum absolute atomic E-state index is 12.6. The second-order valence-corrected chi connectivity index (χ2v) is 7.05. The molecule has 0 bridgehead atoms. The van der Waals surface area contributed by atoms with E-state index in [1.54, 1.807) is 18.2 Å². The monoisotopic (exact) mass is 435 g/mol. The number of aryl methyl sites for hydroxylation is 1. The molecule has 0 amide bonds. The van der Waals surface area contributed by atoms with Crippen LogP contribution in [0.2, 0.25) is 10.0 Å². The van der Waals surface area contributed by atoms with Crippen LogP contribution < -0.4 is 10.3 Å². The van der Waals surface area contributed by atoms with Crippen molar-refractivity contribution < 1.29 is 24.5 Å². The van der Waals surface area contributed by atoms with Gasteiger partial charge in [-0.15, -0.1) is 0 Å². The Hall–Kier alpha value is -3.03. The number of aromatic nitrogens is 1. The van der Waals surface area contributed by atoms with Gasteiger partial charge in [0.2, 0.25) is 0 Å². The average Bonchev–Trinajstić information content (AvgIpc) is 2.67. The van der Waals surface area contributed by atoms with Gasteiger partial charge in [-0.2, -0.15) is 0 Å². The smallest absolute Gasteiger partial charge is 0.303 e. The fraction of sp³-hybridized carbons (Fsp3) is 0.150. The molecule has 150 valence electrons. The number of carbonyl (C=O) groups is 2. The van der Waals surface area contributed by atoms with Gasteiger partial charge in [-0.05, 0) is 24.3 Å². The predicted octanol–water partition coefficient (Wildman–Crippen LogP) is 4.39. The number of benzene rings is 2. The molecule has 2 N–H and O–H groups in total. The number of Topliss-reactive ketones (excluding diaryl/α,β-unsaturated/α-hetero) is 1. The molecule has 3 rings (SSSR count). The lowest BCUT2D eigenvalue weighted by Crippen LogP contribution is -2.25. The fourth-order valence-electron chi connectivity index (χ4n) is 2.86. The molecular formula is C20H15Cl2NO6. The first-order chi connectivity index (χ1) is 13.7. The third-order valence-electron chi connectivity index (χ3n) is 4.32. The first kappa shape index (κ1) is 20.7. The third kappa shape index (κ3) is 4.06. The van der Waals surface area contributed by atoms with Crippen LogP contribution in [0.3, 0.4) is 0 Å². The van der Waals surface area contributed by atoms with Crippen molar-refractivity contribution in [1.29, 1.82) is 0 Å². The van der Waals surface area contributed by atoms with Crippen LogP contribution >= 0.6 is 23.2 Å². The van der Waals surface area contributed by atoms with Crippen molar-refractivity contribution in [3.8, 4) is 17.2 Å². The number of hydrogen-bond donors (Lipinski definition) is 2. The zero-order valence-electron chi connectivity index (χ0n) is 15.1. The van der Waals surface area contributed by atoms with Crippen LogP contribution in [-0.2, 0) is 11.8 Å². The largest absolute Gasteiger partial charge is 0.506 e. The molecule has 0 atom stereocenters. The SMILES string of the molecule is Cn1c(=O)c(C(=O)CCC(=O)O)c(O)c2ccc(Oc3c(Cl)cccc3Cl)cc21. The molecule has 1 heterocycles. The molecule has 3 aromatic rings. The van der Waals surface area contributed by atoms with Gasteiger partial charge in [0, 0.05) is 24.9 Å². The highest BCUT2D eigenvalue weighted by molar-refractivity contribution is 6.37. The highest BCUT2D eigenvalue weighted by atomic mass is 35.5. The molecule has 0 unspecified atom stereocenters. The Morgan fingerprint density at radius 1 is 1.10 bits per heavy atom. The number of rotatable bonds is 6. The summed E-state index contributed by atoms with van der Waals surface area (Å²) in [5.74, 6) is -1.86. The first-order valence-electron chi connectivity index (χ1n) is 8.43. The number of hydrogen-bond acceptors (Lipinski definition) is 5. The molecule has 2 aromatic carbocycles. The Balaban J connectivity index is 2.08. The van der Waals surface area contributed by atoms with Crippen molar-refractivity contribution in [3.05, 3.63) is 62.4 Å². The van der Waals surface area contributed by atoms with E-state index in [2.05, 4.69) is 0 Å². The molecule has 1 aromatic heterocycles. The van der Waals surface area contributed by atoms with Gasteiger partial charge in [0.05, 0.1) is 22.0 Å². The highest BCUT2D eigenvalue weighted by Gasteiger charge is 2.22. The normalized spacial score (nSPS) is 10.9. The van der Waals surface area contributed by atoms with Gasteiger partial charge in [-0.25, -0.2) is 0 Å². The van der Waals surface area contributed by atoms with Crippen LogP contribution in [0.1, 0.15) is 23.2 Å². The molecule has 0 radical (unpaired) electrons. The molecule has 0 aliphatic rings. The van der Waals surface area contributed by atoms with Crippen LogP contribution in [0.25, 0.3) is 10.9 Å². The number of fused-ring (bicyclic) bond motifs is 1. The molecule has 9 heteroatoms. The number of pyridine rings is 1. The van der Waals surface area contributed by atoms with Crippen LogP contribution in [-0.4, -0.2) is 26.5 Å². The molecule has 0 saturated carbocycles. The van der Waals surface area contributed by atoms with E-state index < -0.39 is 41.5 Å². The number of nitrogens with zero attached hydrogens (tertiary/aromatic N) is 1. The summed E-state index contributed by atoms with van der Waals surface area (Å²) in [6.45, 7) is 0. The number of ether oxygens (including phenoxy) is 1. The van der Waals surface area contributed by atoms with Crippen molar-refractivity contribution in [2.45, 2.75) is 12.8 Å². The zero-order chi connectivity index (χ0) is 21.3. The van der Waals surface area contributed by atoms with Gasteiger partial charge in [0.25, 0.3) is 5.56 Å². The molecule has 29 heavy (non-hydrogen) atoms. The number of ketones is 1. The van der Waals surface area contributed by atoms with Gasteiger partial charge < -0.3 is 19.5 Å². The summed E-state index contributed by atoms with van der Waals surface area (Å²) < 4.78 is 6.92. The number of aliphatic carboxylic acids is 1. The Morgan fingerprint density at radius 2 is 1.76 bits per heavy atom. The molecule has 0 aliphatic heterocycles. The van der Waals surface area contributed by atoms with Crippen molar-refractivity contribution in [1.82, 2.24) is 4.57 Å². The first-order valence-corrected chi connectivity index (χ1v) is 9.19. The van der Waals surface area contributed by atoms with Crippen LogP contribution in [0.15, 0.2) is 41.2 Å². The summed E-state index contributed by atoms with van der Waals surface area (Å²) >= 11 is 12.2. The summed E-state index contributed by atoms with van der Waals surface area (Å²) in [7, 11) is 1.43. The third-order valence-corrected chi connectivity index (χ3v) is 4.92. The summed E-state index contributed by atoms with van der Waals surface area (Å²) in [5, 5.41) is 20.1. The second kappa shape index (κ2) is 8.14. The fourth-order valence-corrected chi connectivity index (χ4v) is 3.34. The summed E-state index contributed by atoms with van der Waals surface area (Å²) in [6.07, 6.45) is -0.833.